The second kappa shape index (κ2) is 4.55. The highest BCUT2D eigenvalue weighted by atomic mass is 19.1. The molecule has 0 saturated carbocycles. The maximum Gasteiger partial charge on any atom is 0.126 e. The van der Waals surface area contributed by atoms with Crippen LogP contribution < -0.4 is 0 Å². The average Bonchev–Trinajstić information content (AvgIpc) is 2.26. The molecule has 0 aliphatic rings. The van der Waals surface area contributed by atoms with Gasteiger partial charge in [0.1, 0.15) is 23.6 Å². The van der Waals surface area contributed by atoms with Gasteiger partial charge in [-0.1, -0.05) is 0 Å². The summed E-state index contributed by atoms with van der Waals surface area (Å²) in [6.45, 7) is 1.67. The second-order valence-electron chi connectivity index (χ2n) is 3.63. The summed E-state index contributed by atoms with van der Waals surface area (Å²) in [4.78, 5) is 7.88. The van der Waals surface area contributed by atoms with Crippen molar-refractivity contribution < 1.29 is 13.9 Å². The van der Waals surface area contributed by atoms with Crippen LogP contribution in [0, 0.1) is 18.6 Å². The molecule has 0 saturated heterocycles. The van der Waals surface area contributed by atoms with E-state index in [1.165, 1.54) is 12.3 Å². The molecule has 3 nitrogen and oxygen atoms in total. The van der Waals surface area contributed by atoms with E-state index in [-0.39, 0.29) is 5.56 Å². The molecule has 0 bridgehead atoms. The molecule has 1 aromatic carbocycles. The third-order valence-electron chi connectivity index (χ3n) is 2.28. The first-order valence-corrected chi connectivity index (χ1v) is 5.00. The normalized spacial score (nSPS) is 12.5. The van der Waals surface area contributed by atoms with Gasteiger partial charge in [-0.05, 0) is 30.7 Å². The summed E-state index contributed by atoms with van der Waals surface area (Å²) in [5.74, 6) is -0.979. The Morgan fingerprint density at radius 1 is 1.18 bits per heavy atom. The van der Waals surface area contributed by atoms with Crippen LogP contribution in [0.25, 0.3) is 0 Å². The van der Waals surface area contributed by atoms with E-state index in [0.29, 0.717) is 11.5 Å². The molecule has 0 amide bonds. The van der Waals surface area contributed by atoms with Gasteiger partial charge in [0, 0.05) is 12.3 Å². The number of aryl methyl sites for hydroxylation is 1. The molecule has 0 fully saturated rings. The van der Waals surface area contributed by atoms with Crippen LogP contribution in [0.4, 0.5) is 8.78 Å². The Hall–Kier alpha value is -1.88. The van der Waals surface area contributed by atoms with Gasteiger partial charge in [-0.2, -0.15) is 0 Å². The van der Waals surface area contributed by atoms with Crippen LogP contribution in [0.1, 0.15) is 23.2 Å². The van der Waals surface area contributed by atoms with Crippen molar-refractivity contribution in [3.8, 4) is 0 Å². The van der Waals surface area contributed by atoms with Crippen molar-refractivity contribution in [3.63, 3.8) is 0 Å². The summed E-state index contributed by atoms with van der Waals surface area (Å²) in [6, 6.07) is 4.40. The monoisotopic (exact) mass is 236 g/mol. The average molecular weight is 236 g/mol. The van der Waals surface area contributed by atoms with Crippen LogP contribution in [0.5, 0.6) is 0 Å². The molecule has 17 heavy (non-hydrogen) atoms. The molecule has 0 spiro atoms. The van der Waals surface area contributed by atoms with Gasteiger partial charge in [-0.15, -0.1) is 0 Å². The number of nitrogens with zero attached hydrogens (tertiary/aromatic N) is 2. The first kappa shape index (κ1) is 11.6. The fraction of sp³-hybridized carbons (Fsp3) is 0.167. The van der Waals surface area contributed by atoms with Crippen molar-refractivity contribution in [2.75, 3.05) is 0 Å². The fourth-order valence-corrected chi connectivity index (χ4v) is 1.53. The lowest BCUT2D eigenvalue weighted by Gasteiger charge is -2.10. The van der Waals surface area contributed by atoms with E-state index in [1.807, 2.05) is 0 Å². The molecule has 1 N–H and O–H groups in total. The number of aromatic nitrogens is 2. The zero-order valence-electron chi connectivity index (χ0n) is 9.06. The molecular weight excluding hydrogens is 226 g/mol. The minimum Gasteiger partial charge on any atom is -0.382 e. The molecule has 2 rings (SSSR count). The molecule has 1 atom stereocenters. The van der Waals surface area contributed by atoms with Crippen LogP contribution in [-0.2, 0) is 0 Å². The molecule has 5 heteroatoms. The maximum absolute atomic E-state index is 13.0. The van der Waals surface area contributed by atoms with Gasteiger partial charge in [-0.3, -0.25) is 0 Å². The van der Waals surface area contributed by atoms with E-state index in [0.717, 1.165) is 18.2 Å². The summed E-state index contributed by atoms with van der Waals surface area (Å²) < 4.78 is 26.0. The largest absolute Gasteiger partial charge is 0.382 e. The van der Waals surface area contributed by atoms with Crippen molar-refractivity contribution in [2.45, 2.75) is 13.0 Å². The van der Waals surface area contributed by atoms with Crippen molar-refractivity contribution in [1.29, 1.82) is 0 Å². The van der Waals surface area contributed by atoms with Gasteiger partial charge in [-0.25, -0.2) is 18.7 Å². The van der Waals surface area contributed by atoms with Gasteiger partial charge < -0.3 is 5.11 Å². The standard InChI is InChI=1S/C12H10F2N2O/c1-7-15-3-2-11(16-7)12(17)8-4-9(13)6-10(14)5-8/h2-6,12,17H,1H3. The summed E-state index contributed by atoms with van der Waals surface area (Å²) in [7, 11) is 0. The van der Waals surface area contributed by atoms with Gasteiger partial charge in [0.15, 0.2) is 0 Å². The molecule has 0 radical (unpaired) electrons. The van der Waals surface area contributed by atoms with Crippen LogP contribution in [0.3, 0.4) is 0 Å². The Morgan fingerprint density at radius 3 is 2.41 bits per heavy atom. The highest BCUT2D eigenvalue weighted by Gasteiger charge is 2.14. The highest BCUT2D eigenvalue weighted by Crippen LogP contribution is 2.21. The van der Waals surface area contributed by atoms with Crippen LogP contribution in [0.15, 0.2) is 30.5 Å². The second-order valence-corrected chi connectivity index (χ2v) is 3.63. The maximum atomic E-state index is 13.0. The third-order valence-corrected chi connectivity index (χ3v) is 2.28. The van der Waals surface area contributed by atoms with E-state index < -0.39 is 17.7 Å². The third kappa shape index (κ3) is 2.62. The zero-order valence-corrected chi connectivity index (χ0v) is 9.06. The number of hydrogen-bond acceptors (Lipinski definition) is 3. The van der Waals surface area contributed by atoms with Crippen LogP contribution in [0.2, 0.25) is 0 Å². The van der Waals surface area contributed by atoms with Crippen LogP contribution in [-0.4, -0.2) is 15.1 Å². The number of aliphatic hydroxyl groups excluding tert-OH is 1. The Morgan fingerprint density at radius 2 is 1.82 bits per heavy atom. The summed E-state index contributed by atoms with van der Waals surface area (Å²) in [6.07, 6.45) is 0.318. The van der Waals surface area contributed by atoms with E-state index in [4.69, 9.17) is 0 Å². The lowest BCUT2D eigenvalue weighted by atomic mass is 10.1. The topological polar surface area (TPSA) is 46.0 Å². The smallest absolute Gasteiger partial charge is 0.126 e. The molecule has 1 aromatic heterocycles. The SMILES string of the molecule is Cc1nccc(C(O)c2cc(F)cc(F)c2)n1. The quantitative estimate of drug-likeness (QED) is 0.868. The van der Waals surface area contributed by atoms with Gasteiger partial charge in [0.25, 0.3) is 0 Å². The van der Waals surface area contributed by atoms with E-state index in [1.54, 1.807) is 6.92 Å². The lowest BCUT2D eigenvalue weighted by Crippen LogP contribution is -2.05. The fourth-order valence-electron chi connectivity index (χ4n) is 1.53. The number of rotatable bonds is 2. The van der Waals surface area contributed by atoms with E-state index >= 15 is 0 Å². The lowest BCUT2D eigenvalue weighted by molar-refractivity contribution is 0.214. The summed E-state index contributed by atoms with van der Waals surface area (Å²) in [5.41, 5.74) is 0.433. The molecule has 1 heterocycles. The van der Waals surface area contributed by atoms with Gasteiger partial charge >= 0.3 is 0 Å². The van der Waals surface area contributed by atoms with E-state index in [9.17, 15) is 13.9 Å². The predicted octanol–water partition coefficient (Wildman–Crippen LogP) is 2.14. The van der Waals surface area contributed by atoms with Crippen molar-refractivity contribution in [3.05, 3.63) is 59.2 Å². The van der Waals surface area contributed by atoms with Gasteiger partial charge in [0.2, 0.25) is 0 Å². The molecule has 88 valence electrons. The molecule has 2 aromatic rings. The van der Waals surface area contributed by atoms with Crippen molar-refractivity contribution in [1.82, 2.24) is 9.97 Å². The first-order chi connectivity index (χ1) is 8.06. The minimum absolute atomic E-state index is 0.126. The van der Waals surface area contributed by atoms with Crippen molar-refractivity contribution >= 4 is 0 Å². The molecule has 0 aliphatic carbocycles. The Balaban J connectivity index is 2.39. The number of halogens is 2. The first-order valence-electron chi connectivity index (χ1n) is 5.00. The molecule has 0 aliphatic heterocycles. The summed E-state index contributed by atoms with van der Waals surface area (Å²) >= 11 is 0. The van der Waals surface area contributed by atoms with Crippen molar-refractivity contribution in [2.24, 2.45) is 0 Å². The predicted molar refractivity (Wildman–Crippen MR) is 57.2 cm³/mol. The van der Waals surface area contributed by atoms with E-state index in [2.05, 4.69) is 9.97 Å². The zero-order chi connectivity index (χ0) is 12.4. The summed E-state index contributed by atoms with van der Waals surface area (Å²) in [5, 5.41) is 9.94. The van der Waals surface area contributed by atoms with Crippen LogP contribution >= 0.6 is 0 Å². The Kier molecular flexibility index (Phi) is 3.10. The number of aliphatic hydroxyl groups is 1. The minimum atomic E-state index is -1.16. The Bertz CT molecular complexity index is 526. The number of hydrogen-bond donors (Lipinski definition) is 1. The van der Waals surface area contributed by atoms with Gasteiger partial charge in [0.05, 0.1) is 5.69 Å². The molecular formula is C12H10F2N2O. The number of benzene rings is 1. The highest BCUT2D eigenvalue weighted by molar-refractivity contribution is 5.26. The molecule has 1 unspecified atom stereocenters. The Labute approximate surface area is 96.8 Å².